The molecule has 0 spiro atoms. The first kappa shape index (κ1) is 24.9. The van der Waals surface area contributed by atoms with E-state index in [1.54, 1.807) is 26.0 Å². The fraction of sp³-hybridized carbons (Fsp3) is 0.542. The van der Waals surface area contributed by atoms with Crippen molar-refractivity contribution in [3.63, 3.8) is 0 Å². The van der Waals surface area contributed by atoms with Gasteiger partial charge in [0.25, 0.3) is 0 Å². The van der Waals surface area contributed by atoms with Gasteiger partial charge in [-0.3, -0.25) is 14.5 Å². The molecule has 33 heavy (non-hydrogen) atoms. The second-order valence-electron chi connectivity index (χ2n) is 8.17. The topological polar surface area (TPSA) is 88.2 Å². The van der Waals surface area contributed by atoms with Crippen LogP contribution in [0.15, 0.2) is 35.5 Å². The molecule has 1 fully saturated rings. The monoisotopic (exact) mass is 461 g/mol. The van der Waals surface area contributed by atoms with E-state index in [4.69, 9.17) is 9.47 Å². The molecular formula is C24H32FN3O5. The zero-order valence-electron chi connectivity index (χ0n) is 19.3. The number of hydrogen-bond acceptors (Lipinski definition) is 6. The summed E-state index contributed by atoms with van der Waals surface area (Å²) in [7, 11) is 0. The summed E-state index contributed by atoms with van der Waals surface area (Å²) >= 11 is 0. The van der Waals surface area contributed by atoms with Crippen molar-refractivity contribution < 1.29 is 28.2 Å². The third-order valence-electron chi connectivity index (χ3n) is 5.97. The Balaban J connectivity index is 1.66. The summed E-state index contributed by atoms with van der Waals surface area (Å²) in [5.41, 5.74) is 1.37. The van der Waals surface area contributed by atoms with Gasteiger partial charge in [0.05, 0.1) is 25.4 Å². The van der Waals surface area contributed by atoms with Gasteiger partial charge in [-0.25, -0.2) is 9.18 Å². The molecule has 0 aliphatic carbocycles. The highest BCUT2D eigenvalue weighted by Crippen LogP contribution is 2.37. The van der Waals surface area contributed by atoms with Crippen LogP contribution in [0.4, 0.5) is 4.39 Å². The summed E-state index contributed by atoms with van der Waals surface area (Å²) < 4.78 is 23.9. The standard InChI is InChI=1S/C24H32FN3O5/c1-3-33-24(31)23-17(2)28(22(30)15-20(23)18-5-7-19(25)8-6-18)16-21(29)26-9-4-10-27-11-13-32-14-12-27/h5-8,20H,3-4,9-16H2,1-2H3,(H,26,29). The van der Waals surface area contributed by atoms with Crippen molar-refractivity contribution in [3.8, 4) is 0 Å². The number of carbonyl (C=O) groups excluding carboxylic acids is 3. The van der Waals surface area contributed by atoms with E-state index >= 15 is 0 Å². The van der Waals surface area contributed by atoms with Gasteiger partial charge in [-0.05, 0) is 44.5 Å². The van der Waals surface area contributed by atoms with E-state index in [-0.39, 0.29) is 31.4 Å². The van der Waals surface area contributed by atoms with Crippen molar-refractivity contribution in [3.05, 3.63) is 46.9 Å². The van der Waals surface area contributed by atoms with Crippen LogP contribution in [0.25, 0.3) is 0 Å². The Morgan fingerprint density at radius 1 is 1.21 bits per heavy atom. The predicted molar refractivity (Wildman–Crippen MR) is 120 cm³/mol. The molecule has 0 bridgehead atoms. The number of rotatable bonds is 9. The summed E-state index contributed by atoms with van der Waals surface area (Å²) in [5.74, 6) is -2.03. The SMILES string of the molecule is CCOC(=O)C1=C(C)N(CC(=O)NCCCN2CCOCC2)C(=O)CC1c1ccc(F)cc1. The van der Waals surface area contributed by atoms with Crippen LogP contribution in [-0.4, -0.2) is 80.1 Å². The Bertz CT molecular complexity index is 881. The molecule has 180 valence electrons. The second-order valence-corrected chi connectivity index (χ2v) is 8.17. The van der Waals surface area contributed by atoms with E-state index in [1.165, 1.54) is 17.0 Å². The van der Waals surface area contributed by atoms with E-state index in [0.29, 0.717) is 23.4 Å². The molecule has 1 aromatic rings. The van der Waals surface area contributed by atoms with Crippen LogP contribution < -0.4 is 5.32 Å². The minimum atomic E-state index is -0.551. The Kier molecular flexibility index (Phi) is 8.96. The molecule has 0 radical (unpaired) electrons. The smallest absolute Gasteiger partial charge is 0.336 e. The quantitative estimate of drug-likeness (QED) is 0.446. The summed E-state index contributed by atoms with van der Waals surface area (Å²) in [6, 6.07) is 5.73. The normalized spacial score (nSPS) is 19.5. The lowest BCUT2D eigenvalue weighted by Gasteiger charge is -2.34. The van der Waals surface area contributed by atoms with Crippen molar-refractivity contribution >= 4 is 17.8 Å². The number of hydrogen-bond donors (Lipinski definition) is 1. The maximum atomic E-state index is 13.4. The Hall–Kier alpha value is -2.78. The fourth-order valence-electron chi connectivity index (χ4n) is 4.21. The highest BCUT2D eigenvalue weighted by atomic mass is 19.1. The summed E-state index contributed by atoms with van der Waals surface area (Å²) in [6.07, 6.45) is 0.802. The van der Waals surface area contributed by atoms with E-state index in [1.807, 2.05) is 0 Å². The molecule has 1 unspecified atom stereocenters. The molecule has 3 rings (SSSR count). The second kappa shape index (κ2) is 11.9. The van der Waals surface area contributed by atoms with Crippen LogP contribution in [0.1, 0.15) is 38.2 Å². The molecular weight excluding hydrogens is 429 g/mol. The number of ether oxygens (including phenoxy) is 2. The lowest BCUT2D eigenvalue weighted by Crippen LogP contribution is -2.44. The van der Waals surface area contributed by atoms with Gasteiger partial charge in [-0.15, -0.1) is 0 Å². The number of morpholine rings is 1. The van der Waals surface area contributed by atoms with Crippen molar-refractivity contribution in [1.29, 1.82) is 0 Å². The average molecular weight is 462 g/mol. The van der Waals surface area contributed by atoms with Crippen molar-refractivity contribution in [1.82, 2.24) is 15.1 Å². The van der Waals surface area contributed by atoms with Crippen LogP contribution in [0.2, 0.25) is 0 Å². The Morgan fingerprint density at radius 3 is 2.58 bits per heavy atom. The molecule has 1 aromatic carbocycles. The maximum absolute atomic E-state index is 13.4. The minimum Gasteiger partial charge on any atom is -0.463 e. The number of esters is 1. The Morgan fingerprint density at radius 2 is 1.91 bits per heavy atom. The third kappa shape index (κ3) is 6.61. The van der Waals surface area contributed by atoms with E-state index in [9.17, 15) is 18.8 Å². The van der Waals surface area contributed by atoms with Crippen LogP contribution in [0, 0.1) is 5.82 Å². The molecule has 8 nitrogen and oxygen atoms in total. The van der Waals surface area contributed by atoms with E-state index < -0.39 is 17.7 Å². The average Bonchev–Trinajstić information content (AvgIpc) is 2.80. The molecule has 2 aliphatic heterocycles. The number of carbonyl (C=O) groups is 3. The third-order valence-corrected chi connectivity index (χ3v) is 5.97. The van der Waals surface area contributed by atoms with Gasteiger partial charge in [0.1, 0.15) is 12.4 Å². The first-order valence-electron chi connectivity index (χ1n) is 11.4. The van der Waals surface area contributed by atoms with Crippen LogP contribution >= 0.6 is 0 Å². The molecule has 1 atom stereocenters. The van der Waals surface area contributed by atoms with Gasteiger partial charge in [-0.2, -0.15) is 0 Å². The van der Waals surface area contributed by atoms with Crippen molar-refractivity contribution in [2.45, 2.75) is 32.6 Å². The number of amides is 2. The Labute approximate surface area is 193 Å². The lowest BCUT2D eigenvalue weighted by atomic mass is 9.83. The predicted octanol–water partition coefficient (Wildman–Crippen LogP) is 1.82. The molecule has 2 aliphatic rings. The van der Waals surface area contributed by atoms with Crippen LogP contribution in [0.3, 0.4) is 0 Å². The number of nitrogens with zero attached hydrogens (tertiary/aromatic N) is 2. The van der Waals surface area contributed by atoms with Gasteiger partial charge in [0.2, 0.25) is 11.8 Å². The molecule has 0 saturated carbocycles. The number of allylic oxidation sites excluding steroid dienone is 1. The van der Waals surface area contributed by atoms with Crippen LogP contribution in [-0.2, 0) is 23.9 Å². The molecule has 9 heteroatoms. The van der Waals surface area contributed by atoms with Gasteiger partial charge in [0.15, 0.2) is 0 Å². The first-order valence-corrected chi connectivity index (χ1v) is 11.4. The van der Waals surface area contributed by atoms with Gasteiger partial charge in [0, 0.05) is 37.7 Å². The van der Waals surface area contributed by atoms with E-state index in [2.05, 4.69) is 10.2 Å². The van der Waals surface area contributed by atoms with Crippen molar-refractivity contribution in [2.24, 2.45) is 0 Å². The van der Waals surface area contributed by atoms with Gasteiger partial charge in [-0.1, -0.05) is 12.1 Å². The zero-order chi connectivity index (χ0) is 23.8. The highest BCUT2D eigenvalue weighted by molar-refractivity contribution is 5.97. The van der Waals surface area contributed by atoms with Crippen molar-refractivity contribution in [2.75, 3.05) is 52.5 Å². The molecule has 2 heterocycles. The molecule has 1 saturated heterocycles. The minimum absolute atomic E-state index is 0.00142. The summed E-state index contributed by atoms with van der Waals surface area (Å²) in [6.45, 7) is 8.00. The maximum Gasteiger partial charge on any atom is 0.336 e. The summed E-state index contributed by atoms with van der Waals surface area (Å²) in [5, 5.41) is 2.86. The highest BCUT2D eigenvalue weighted by Gasteiger charge is 2.37. The van der Waals surface area contributed by atoms with Gasteiger partial charge < -0.3 is 19.7 Å². The molecule has 1 N–H and O–H groups in total. The number of halogens is 1. The molecule has 2 amide bonds. The lowest BCUT2D eigenvalue weighted by molar-refractivity contribution is -0.141. The fourth-order valence-corrected chi connectivity index (χ4v) is 4.21. The number of nitrogens with one attached hydrogen (secondary N) is 1. The van der Waals surface area contributed by atoms with Crippen LogP contribution in [0.5, 0.6) is 0 Å². The summed E-state index contributed by atoms with van der Waals surface area (Å²) in [4.78, 5) is 41.8. The molecule has 0 aromatic heterocycles. The first-order chi connectivity index (χ1) is 15.9. The van der Waals surface area contributed by atoms with Gasteiger partial charge >= 0.3 is 5.97 Å². The van der Waals surface area contributed by atoms with E-state index in [0.717, 1.165) is 39.3 Å². The largest absolute Gasteiger partial charge is 0.463 e. The zero-order valence-corrected chi connectivity index (χ0v) is 19.3. The number of benzene rings is 1.